The Hall–Kier alpha value is -2.15. The highest BCUT2D eigenvalue weighted by atomic mass is 35.5. The van der Waals surface area contributed by atoms with Crippen molar-refractivity contribution < 1.29 is 18.8 Å². The number of anilines is 1. The average Bonchev–Trinajstić information content (AvgIpc) is 2.77. The number of benzene rings is 2. The highest BCUT2D eigenvalue weighted by Crippen LogP contribution is 2.31. The van der Waals surface area contributed by atoms with E-state index in [1.54, 1.807) is 0 Å². The van der Waals surface area contributed by atoms with Crippen molar-refractivity contribution in [1.29, 1.82) is 0 Å². The van der Waals surface area contributed by atoms with Crippen molar-refractivity contribution in [2.75, 3.05) is 11.9 Å². The van der Waals surface area contributed by atoms with Crippen molar-refractivity contribution in [3.05, 3.63) is 62.3 Å². The normalized spacial score (nSPS) is 13.2. The zero-order valence-electron chi connectivity index (χ0n) is 12.3. The molecule has 2 aromatic rings. The summed E-state index contributed by atoms with van der Waals surface area (Å²) in [7, 11) is 0. The van der Waals surface area contributed by atoms with Crippen LogP contribution in [-0.4, -0.2) is 29.2 Å². The zero-order valence-corrected chi connectivity index (χ0v) is 14.5. The second-order valence-corrected chi connectivity index (χ2v) is 6.38. The molecule has 0 saturated heterocycles. The molecule has 2 aromatic carbocycles. The summed E-state index contributed by atoms with van der Waals surface area (Å²) in [6, 6.07) is 6.63. The van der Waals surface area contributed by atoms with Gasteiger partial charge in [0, 0.05) is 0 Å². The van der Waals surface area contributed by atoms with E-state index >= 15 is 0 Å². The molecule has 0 unspecified atom stereocenters. The molecule has 0 aliphatic carbocycles. The van der Waals surface area contributed by atoms with E-state index in [2.05, 4.69) is 5.32 Å². The second-order valence-electron chi connectivity index (χ2n) is 5.16. The smallest absolute Gasteiger partial charge is 0.262 e. The van der Waals surface area contributed by atoms with Gasteiger partial charge in [-0.1, -0.05) is 40.9 Å². The highest BCUT2D eigenvalue weighted by molar-refractivity contribution is 6.43. The monoisotopic (exact) mass is 400 g/mol. The number of carbonyl (C=O) groups is 3. The van der Waals surface area contributed by atoms with Gasteiger partial charge in [0.05, 0.1) is 31.9 Å². The summed E-state index contributed by atoms with van der Waals surface area (Å²) < 4.78 is 13.8. The van der Waals surface area contributed by atoms with Crippen LogP contribution in [0.2, 0.25) is 15.1 Å². The molecule has 3 rings (SSSR count). The third-order valence-electron chi connectivity index (χ3n) is 3.54. The van der Waals surface area contributed by atoms with Gasteiger partial charge < -0.3 is 5.32 Å². The van der Waals surface area contributed by atoms with Gasteiger partial charge in [-0.15, -0.1) is 0 Å². The van der Waals surface area contributed by atoms with Gasteiger partial charge in [0.15, 0.2) is 5.82 Å². The number of nitrogens with zero attached hydrogens (tertiary/aromatic N) is 1. The molecule has 0 atom stereocenters. The van der Waals surface area contributed by atoms with Gasteiger partial charge in [-0.2, -0.15) is 0 Å². The van der Waals surface area contributed by atoms with E-state index in [0.29, 0.717) is 0 Å². The fourth-order valence-electron chi connectivity index (χ4n) is 2.36. The van der Waals surface area contributed by atoms with Gasteiger partial charge in [0.2, 0.25) is 5.91 Å². The van der Waals surface area contributed by atoms with Gasteiger partial charge in [-0.05, 0) is 24.3 Å². The van der Waals surface area contributed by atoms with E-state index in [9.17, 15) is 18.8 Å². The standard InChI is InChI=1S/C16H8Cl3FN2O3/c17-9-2-1-3-12(14(9)20)21-13(23)6-22-15(24)7-4-10(18)11(19)5-8(7)16(22)25/h1-5H,6H2,(H,21,23). The molecule has 0 saturated carbocycles. The van der Waals surface area contributed by atoms with Gasteiger partial charge in [-0.3, -0.25) is 19.3 Å². The Balaban J connectivity index is 1.80. The lowest BCUT2D eigenvalue weighted by Gasteiger charge is -2.14. The van der Waals surface area contributed by atoms with Crippen LogP contribution in [0, 0.1) is 5.82 Å². The minimum Gasteiger partial charge on any atom is -0.322 e. The lowest BCUT2D eigenvalue weighted by molar-refractivity contribution is -0.116. The first-order valence-electron chi connectivity index (χ1n) is 6.88. The molecule has 0 fully saturated rings. The van der Waals surface area contributed by atoms with E-state index in [4.69, 9.17) is 34.8 Å². The maximum Gasteiger partial charge on any atom is 0.262 e. The summed E-state index contributed by atoms with van der Waals surface area (Å²) in [5, 5.41) is 2.35. The minimum atomic E-state index is -0.807. The number of nitrogens with one attached hydrogen (secondary N) is 1. The van der Waals surface area contributed by atoms with Crippen molar-refractivity contribution in [2.45, 2.75) is 0 Å². The van der Waals surface area contributed by atoms with E-state index < -0.39 is 30.1 Å². The molecule has 1 aliphatic rings. The molecule has 25 heavy (non-hydrogen) atoms. The van der Waals surface area contributed by atoms with Crippen LogP contribution >= 0.6 is 34.8 Å². The number of imide groups is 1. The Labute approximate surface area is 156 Å². The van der Waals surface area contributed by atoms with E-state index in [0.717, 1.165) is 4.90 Å². The molecule has 128 valence electrons. The lowest BCUT2D eigenvalue weighted by atomic mass is 10.1. The first-order chi connectivity index (χ1) is 11.8. The fraction of sp³-hybridized carbons (Fsp3) is 0.0625. The largest absolute Gasteiger partial charge is 0.322 e. The molecule has 0 radical (unpaired) electrons. The van der Waals surface area contributed by atoms with Crippen molar-refractivity contribution >= 4 is 58.2 Å². The molecular formula is C16H8Cl3FN2O3. The fourth-order valence-corrected chi connectivity index (χ4v) is 2.86. The molecule has 3 amide bonds. The number of halogens is 4. The van der Waals surface area contributed by atoms with Crippen LogP contribution in [0.25, 0.3) is 0 Å². The predicted octanol–water partition coefficient (Wildman–Crippen LogP) is 4.02. The summed E-state index contributed by atoms with van der Waals surface area (Å²) >= 11 is 17.3. The third-order valence-corrected chi connectivity index (χ3v) is 4.55. The van der Waals surface area contributed by atoms with Crippen LogP contribution in [-0.2, 0) is 4.79 Å². The molecule has 1 heterocycles. The maximum absolute atomic E-state index is 13.8. The quantitative estimate of drug-likeness (QED) is 0.790. The van der Waals surface area contributed by atoms with Gasteiger partial charge in [0.25, 0.3) is 11.8 Å². The summed E-state index contributed by atoms with van der Waals surface area (Å²) in [6.07, 6.45) is 0. The number of fused-ring (bicyclic) bond motifs is 1. The predicted molar refractivity (Wildman–Crippen MR) is 91.9 cm³/mol. The van der Waals surface area contributed by atoms with Crippen LogP contribution in [0.3, 0.4) is 0 Å². The Morgan fingerprint density at radius 2 is 1.56 bits per heavy atom. The molecule has 9 heteroatoms. The molecule has 5 nitrogen and oxygen atoms in total. The van der Waals surface area contributed by atoms with Crippen molar-refractivity contribution in [2.24, 2.45) is 0 Å². The summed E-state index contributed by atoms with van der Waals surface area (Å²) in [5.41, 5.74) is -0.0394. The van der Waals surface area contributed by atoms with Crippen LogP contribution < -0.4 is 5.32 Å². The molecule has 0 bridgehead atoms. The van der Waals surface area contributed by atoms with E-state index in [1.165, 1.54) is 30.3 Å². The Bertz CT molecular complexity index is 892. The number of rotatable bonds is 3. The Kier molecular flexibility index (Phi) is 4.69. The Morgan fingerprint density at radius 3 is 2.12 bits per heavy atom. The summed E-state index contributed by atoms with van der Waals surface area (Å²) in [4.78, 5) is 37.4. The van der Waals surface area contributed by atoms with Gasteiger partial charge >= 0.3 is 0 Å². The molecule has 1 N–H and O–H groups in total. The van der Waals surface area contributed by atoms with Crippen molar-refractivity contribution in [1.82, 2.24) is 4.90 Å². The van der Waals surface area contributed by atoms with Gasteiger partial charge in [-0.25, -0.2) is 4.39 Å². The topological polar surface area (TPSA) is 66.5 Å². The van der Waals surface area contributed by atoms with Crippen molar-refractivity contribution in [3.8, 4) is 0 Å². The summed E-state index contributed by atoms with van der Waals surface area (Å²) in [6.45, 7) is -0.590. The average molecular weight is 402 g/mol. The highest BCUT2D eigenvalue weighted by Gasteiger charge is 2.37. The first-order valence-corrected chi connectivity index (χ1v) is 8.02. The van der Waals surface area contributed by atoms with Crippen LogP contribution in [0.4, 0.5) is 10.1 Å². The number of amides is 3. The number of hydrogen-bond donors (Lipinski definition) is 1. The van der Waals surface area contributed by atoms with Crippen LogP contribution in [0.15, 0.2) is 30.3 Å². The number of hydrogen-bond acceptors (Lipinski definition) is 3. The van der Waals surface area contributed by atoms with Crippen LogP contribution in [0.5, 0.6) is 0 Å². The molecule has 1 aliphatic heterocycles. The third kappa shape index (κ3) is 3.20. The first kappa shape index (κ1) is 17.7. The number of carbonyl (C=O) groups excluding carboxylic acids is 3. The second kappa shape index (κ2) is 6.63. The molecule has 0 aromatic heterocycles. The SMILES string of the molecule is O=C(CN1C(=O)c2cc(Cl)c(Cl)cc2C1=O)Nc1cccc(Cl)c1F. The molecular weight excluding hydrogens is 394 g/mol. The summed E-state index contributed by atoms with van der Waals surface area (Å²) in [5.74, 6) is -2.92. The molecule has 0 spiro atoms. The van der Waals surface area contributed by atoms with Crippen molar-refractivity contribution in [3.63, 3.8) is 0 Å². The van der Waals surface area contributed by atoms with Crippen LogP contribution in [0.1, 0.15) is 20.7 Å². The lowest BCUT2D eigenvalue weighted by Crippen LogP contribution is -2.37. The van der Waals surface area contributed by atoms with Gasteiger partial charge in [0.1, 0.15) is 6.54 Å². The van der Waals surface area contributed by atoms with E-state index in [-0.39, 0.29) is 31.9 Å². The Morgan fingerprint density at radius 1 is 1.00 bits per heavy atom. The zero-order chi connectivity index (χ0) is 18.3. The minimum absolute atomic E-state index is 0.0566. The maximum atomic E-state index is 13.8. The van der Waals surface area contributed by atoms with E-state index in [1.807, 2.05) is 0 Å².